The minimum Gasteiger partial charge on any atom is -0.312 e. The van der Waals surface area contributed by atoms with Crippen molar-refractivity contribution in [3.05, 3.63) is 27.1 Å². The van der Waals surface area contributed by atoms with Crippen LogP contribution in [-0.2, 0) is 6.54 Å². The molecule has 0 aliphatic rings. The Morgan fingerprint density at radius 1 is 1.60 bits per heavy atom. The van der Waals surface area contributed by atoms with Crippen molar-refractivity contribution in [1.29, 1.82) is 0 Å². The minimum atomic E-state index is -0.369. The molecule has 15 heavy (non-hydrogen) atoms. The van der Waals surface area contributed by atoms with E-state index in [1.807, 2.05) is 0 Å². The van der Waals surface area contributed by atoms with Gasteiger partial charge in [-0.2, -0.15) is 0 Å². The average Bonchev–Trinajstić information content (AvgIpc) is 2.66. The molecule has 80 valence electrons. The van der Waals surface area contributed by atoms with Crippen LogP contribution in [0, 0.1) is 22.5 Å². The Morgan fingerprint density at radius 2 is 2.40 bits per heavy atom. The molecular formula is C10H12N2O2S. The van der Waals surface area contributed by atoms with Crippen LogP contribution < -0.4 is 5.32 Å². The molecular weight excluding hydrogens is 212 g/mol. The van der Waals surface area contributed by atoms with Crippen molar-refractivity contribution in [3.63, 3.8) is 0 Å². The largest absolute Gasteiger partial charge is 0.324 e. The molecule has 0 fully saturated rings. The summed E-state index contributed by atoms with van der Waals surface area (Å²) >= 11 is 1.20. The van der Waals surface area contributed by atoms with Gasteiger partial charge in [-0.05, 0) is 19.0 Å². The highest BCUT2D eigenvalue weighted by Crippen LogP contribution is 2.23. The second-order valence-electron chi connectivity index (χ2n) is 2.98. The van der Waals surface area contributed by atoms with Crippen LogP contribution >= 0.6 is 11.3 Å². The van der Waals surface area contributed by atoms with E-state index in [4.69, 9.17) is 6.42 Å². The number of hydrogen-bond donors (Lipinski definition) is 1. The SMILES string of the molecule is C#CCCCNCc1ccc([N+](=O)[O-])s1. The standard InChI is InChI=1S/C10H12N2O2S/c1-2-3-4-7-11-8-9-5-6-10(15-9)12(13)14/h1,5-6,11H,3-4,7-8H2. The van der Waals surface area contributed by atoms with Gasteiger partial charge in [-0.3, -0.25) is 10.1 Å². The fourth-order valence-electron chi connectivity index (χ4n) is 1.09. The Hall–Kier alpha value is -1.38. The molecule has 1 rings (SSSR count). The molecule has 0 bridgehead atoms. The number of hydrogen-bond acceptors (Lipinski definition) is 4. The number of thiophene rings is 1. The van der Waals surface area contributed by atoms with Crippen LogP contribution in [0.4, 0.5) is 5.00 Å². The molecule has 4 nitrogen and oxygen atoms in total. The molecule has 0 unspecified atom stereocenters. The maximum atomic E-state index is 10.4. The second-order valence-corrected chi connectivity index (χ2v) is 4.13. The van der Waals surface area contributed by atoms with Crippen molar-refractivity contribution in [2.45, 2.75) is 19.4 Å². The Kier molecular flexibility index (Phi) is 4.81. The van der Waals surface area contributed by atoms with Gasteiger partial charge >= 0.3 is 5.00 Å². The highest BCUT2D eigenvalue weighted by atomic mass is 32.1. The Balaban J connectivity index is 2.26. The molecule has 1 heterocycles. The average molecular weight is 224 g/mol. The van der Waals surface area contributed by atoms with Crippen molar-refractivity contribution in [3.8, 4) is 12.3 Å². The van der Waals surface area contributed by atoms with Gasteiger partial charge in [-0.1, -0.05) is 11.3 Å². The number of nitro groups is 1. The zero-order valence-electron chi connectivity index (χ0n) is 8.23. The van der Waals surface area contributed by atoms with E-state index in [1.165, 1.54) is 17.4 Å². The summed E-state index contributed by atoms with van der Waals surface area (Å²) in [6, 6.07) is 3.31. The van der Waals surface area contributed by atoms with Crippen LogP contribution in [0.15, 0.2) is 12.1 Å². The third kappa shape index (κ3) is 4.11. The lowest BCUT2D eigenvalue weighted by Gasteiger charge is -1.99. The van der Waals surface area contributed by atoms with Crippen molar-refractivity contribution >= 4 is 16.3 Å². The number of unbranched alkanes of at least 4 members (excludes halogenated alkanes) is 1. The van der Waals surface area contributed by atoms with Crippen molar-refractivity contribution in [2.24, 2.45) is 0 Å². The summed E-state index contributed by atoms with van der Waals surface area (Å²) in [5, 5.41) is 13.8. The molecule has 1 aromatic rings. The fraction of sp³-hybridized carbons (Fsp3) is 0.400. The molecule has 1 N–H and O–H groups in total. The number of nitrogens with zero attached hydrogens (tertiary/aromatic N) is 1. The van der Waals surface area contributed by atoms with Crippen molar-refractivity contribution in [2.75, 3.05) is 6.54 Å². The zero-order valence-corrected chi connectivity index (χ0v) is 9.05. The van der Waals surface area contributed by atoms with Gasteiger partial charge in [0, 0.05) is 23.9 Å². The summed E-state index contributed by atoms with van der Waals surface area (Å²) in [4.78, 5) is 11.0. The van der Waals surface area contributed by atoms with Crippen LogP contribution in [0.25, 0.3) is 0 Å². The molecule has 5 heteroatoms. The van der Waals surface area contributed by atoms with Gasteiger partial charge in [0.05, 0.1) is 4.92 Å². The van der Waals surface area contributed by atoms with Crippen LogP contribution in [0.2, 0.25) is 0 Å². The Labute approximate surface area is 92.5 Å². The monoisotopic (exact) mass is 224 g/mol. The van der Waals surface area contributed by atoms with Crippen molar-refractivity contribution in [1.82, 2.24) is 5.32 Å². The van der Waals surface area contributed by atoms with Gasteiger partial charge in [0.25, 0.3) is 0 Å². The van der Waals surface area contributed by atoms with Gasteiger partial charge in [-0.15, -0.1) is 12.3 Å². The molecule has 0 spiro atoms. The number of nitrogens with one attached hydrogen (secondary N) is 1. The van der Waals surface area contributed by atoms with E-state index in [0.717, 1.165) is 24.3 Å². The minimum absolute atomic E-state index is 0.190. The quantitative estimate of drug-likeness (QED) is 0.348. The predicted octanol–water partition coefficient (Wildman–Crippen LogP) is 2.16. The van der Waals surface area contributed by atoms with E-state index >= 15 is 0 Å². The van der Waals surface area contributed by atoms with E-state index in [1.54, 1.807) is 6.07 Å². The van der Waals surface area contributed by atoms with Crippen LogP contribution in [0.3, 0.4) is 0 Å². The predicted molar refractivity (Wildman–Crippen MR) is 60.7 cm³/mol. The third-order valence-corrected chi connectivity index (χ3v) is 2.84. The smallest absolute Gasteiger partial charge is 0.312 e. The molecule has 1 aromatic heterocycles. The molecule has 0 radical (unpaired) electrons. The van der Waals surface area contributed by atoms with Gasteiger partial charge in [0.15, 0.2) is 0 Å². The molecule has 0 atom stereocenters. The van der Waals surface area contributed by atoms with E-state index in [-0.39, 0.29) is 9.92 Å². The maximum absolute atomic E-state index is 10.4. The van der Waals surface area contributed by atoms with E-state index in [2.05, 4.69) is 11.2 Å². The van der Waals surface area contributed by atoms with E-state index < -0.39 is 0 Å². The van der Waals surface area contributed by atoms with Gasteiger partial charge < -0.3 is 5.32 Å². The summed E-state index contributed by atoms with van der Waals surface area (Å²) in [5.41, 5.74) is 0. The van der Waals surface area contributed by atoms with Gasteiger partial charge in [0.1, 0.15) is 0 Å². The van der Waals surface area contributed by atoms with Crippen LogP contribution in [0.1, 0.15) is 17.7 Å². The molecule has 0 saturated heterocycles. The zero-order chi connectivity index (χ0) is 11.1. The number of terminal acetylenes is 1. The maximum Gasteiger partial charge on any atom is 0.324 e. The van der Waals surface area contributed by atoms with Gasteiger partial charge in [-0.25, -0.2) is 0 Å². The second kappa shape index (κ2) is 6.17. The first-order valence-corrected chi connectivity index (χ1v) is 5.43. The van der Waals surface area contributed by atoms with Crippen LogP contribution in [-0.4, -0.2) is 11.5 Å². The summed E-state index contributed by atoms with van der Waals surface area (Å²) in [5.74, 6) is 2.56. The first-order chi connectivity index (χ1) is 7.24. The van der Waals surface area contributed by atoms with E-state index in [9.17, 15) is 10.1 Å². The number of rotatable bonds is 6. The summed E-state index contributed by atoms with van der Waals surface area (Å²) in [6.07, 6.45) is 6.80. The first kappa shape index (κ1) is 11.7. The molecule has 0 aliphatic heterocycles. The third-order valence-electron chi connectivity index (χ3n) is 1.80. The van der Waals surface area contributed by atoms with Crippen molar-refractivity contribution < 1.29 is 4.92 Å². The van der Waals surface area contributed by atoms with Gasteiger partial charge in [0.2, 0.25) is 0 Å². The molecule has 0 amide bonds. The Morgan fingerprint density at radius 3 is 3.00 bits per heavy atom. The van der Waals surface area contributed by atoms with Crippen LogP contribution in [0.5, 0.6) is 0 Å². The summed E-state index contributed by atoms with van der Waals surface area (Å²) in [6.45, 7) is 1.51. The lowest BCUT2D eigenvalue weighted by atomic mass is 10.3. The first-order valence-electron chi connectivity index (χ1n) is 4.61. The molecule has 0 aliphatic carbocycles. The molecule has 0 aromatic carbocycles. The lowest BCUT2D eigenvalue weighted by Crippen LogP contribution is -2.13. The van der Waals surface area contributed by atoms with E-state index in [0.29, 0.717) is 6.54 Å². The Bertz CT molecular complexity index is 368. The summed E-state index contributed by atoms with van der Waals surface area (Å²) in [7, 11) is 0. The fourth-order valence-corrected chi connectivity index (χ4v) is 1.88. The lowest BCUT2D eigenvalue weighted by molar-refractivity contribution is -0.380. The summed E-state index contributed by atoms with van der Waals surface area (Å²) < 4.78 is 0. The topological polar surface area (TPSA) is 55.2 Å². The highest BCUT2D eigenvalue weighted by Gasteiger charge is 2.08. The normalized spacial score (nSPS) is 9.80. The highest BCUT2D eigenvalue weighted by molar-refractivity contribution is 7.15. The molecule has 0 saturated carbocycles.